The van der Waals surface area contributed by atoms with E-state index in [4.69, 9.17) is 5.73 Å². The maximum atomic E-state index is 13.1. The van der Waals surface area contributed by atoms with Crippen molar-refractivity contribution < 1.29 is 4.39 Å². The first-order chi connectivity index (χ1) is 8.19. The Morgan fingerprint density at radius 1 is 1.41 bits per heavy atom. The molecule has 0 heterocycles. The topological polar surface area (TPSA) is 38.0 Å². The fourth-order valence-electron chi connectivity index (χ4n) is 2.67. The van der Waals surface area contributed by atoms with Gasteiger partial charge in [0.25, 0.3) is 0 Å². The Morgan fingerprint density at radius 3 is 3.00 bits per heavy atom. The summed E-state index contributed by atoms with van der Waals surface area (Å²) in [7, 11) is 0. The smallest absolute Gasteiger partial charge is 0.125 e. The van der Waals surface area contributed by atoms with E-state index in [9.17, 15) is 4.39 Å². The molecule has 2 atom stereocenters. The Morgan fingerprint density at radius 2 is 2.24 bits per heavy atom. The summed E-state index contributed by atoms with van der Waals surface area (Å²) >= 11 is 0. The Hall–Kier alpha value is -1.25. The third-order valence-corrected chi connectivity index (χ3v) is 3.74. The molecule has 1 saturated carbocycles. The molecule has 3 N–H and O–H groups in total. The highest BCUT2D eigenvalue weighted by atomic mass is 19.1. The molecule has 1 aromatic rings. The van der Waals surface area contributed by atoms with Gasteiger partial charge in [-0.2, -0.15) is 0 Å². The van der Waals surface area contributed by atoms with E-state index in [1.165, 1.54) is 37.8 Å². The van der Waals surface area contributed by atoms with Gasteiger partial charge in [-0.15, -0.1) is 0 Å². The van der Waals surface area contributed by atoms with Gasteiger partial charge in [-0.05, 0) is 37.0 Å². The summed E-state index contributed by atoms with van der Waals surface area (Å²) in [5, 5.41) is 3.39. The molecule has 1 aliphatic carbocycles. The number of nitrogens with one attached hydrogen (secondary N) is 1. The lowest BCUT2D eigenvalue weighted by Gasteiger charge is -2.30. The van der Waals surface area contributed by atoms with E-state index in [2.05, 4.69) is 12.2 Å². The van der Waals surface area contributed by atoms with Gasteiger partial charge in [0.2, 0.25) is 0 Å². The predicted octanol–water partition coefficient (Wildman–Crippen LogP) is 3.79. The van der Waals surface area contributed by atoms with Crippen LogP contribution in [0, 0.1) is 11.7 Å². The lowest BCUT2D eigenvalue weighted by molar-refractivity contribution is 0.327. The number of hydrogen-bond donors (Lipinski definition) is 2. The van der Waals surface area contributed by atoms with Crippen LogP contribution < -0.4 is 11.1 Å². The van der Waals surface area contributed by atoms with Crippen molar-refractivity contribution in [1.29, 1.82) is 0 Å². The number of nitrogens with two attached hydrogens (primary N) is 1. The van der Waals surface area contributed by atoms with E-state index < -0.39 is 0 Å². The second-order valence-corrected chi connectivity index (χ2v) is 5.01. The molecule has 94 valence electrons. The molecule has 3 heteroatoms. The zero-order valence-electron chi connectivity index (χ0n) is 10.4. The molecule has 0 aromatic heterocycles. The van der Waals surface area contributed by atoms with Gasteiger partial charge < -0.3 is 11.1 Å². The molecule has 0 bridgehead atoms. The monoisotopic (exact) mass is 236 g/mol. The molecular formula is C14H21FN2. The number of halogens is 1. The van der Waals surface area contributed by atoms with Gasteiger partial charge >= 0.3 is 0 Å². The van der Waals surface area contributed by atoms with Crippen LogP contribution in [0.4, 0.5) is 15.8 Å². The van der Waals surface area contributed by atoms with Crippen molar-refractivity contribution in [3.05, 3.63) is 24.0 Å². The summed E-state index contributed by atoms with van der Waals surface area (Å²) in [6.07, 6.45) is 6.15. The highest BCUT2D eigenvalue weighted by Gasteiger charge is 2.21. The molecule has 2 nitrogen and oxygen atoms in total. The van der Waals surface area contributed by atoms with Gasteiger partial charge in [0, 0.05) is 6.04 Å². The van der Waals surface area contributed by atoms with Crippen LogP contribution in [0.3, 0.4) is 0 Å². The second-order valence-electron chi connectivity index (χ2n) is 5.01. The van der Waals surface area contributed by atoms with Gasteiger partial charge in [-0.3, -0.25) is 0 Å². The van der Waals surface area contributed by atoms with Gasteiger partial charge in [-0.25, -0.2) is 4.39 Å². The lowest BCUT2D eigenvalue weighted by Crippen LogP contribution is -2.27. The van der Waals surface area contributed by atoms with Crippen LogP contribution >= 0.6 is 0 Å². The quantitative estimate of drug-likeness (QED) is 0.784. The van der Waals surface area contributed by atoms with Crippen molar-refractivity contribution in [2.45, 2.75) is 45.1 Å². The van der Waals surface area contributed by atoms with Crippen LogP contribution in [0.15, 0.2) is 18.2 Å². The minimum Gasteiger partial charge on any atom is -0.397 e. The fourth-order valence-corrected chi connectivity index (χ4v) is 2.67. The molecule has 1 aromatic carbocycles. The second kappa shape index (κ2) is 5.39. The zero-order chi connectivity index (χ0) is 12.3. The maximum Gasteiger partial charge on any atom is 0.125 e. The van der Waals surface area contributed by atoms with Crippen molar-refractivity contribution in [2.75, 3.05) is 11.1 Å². The molecule has 1 fully saturated rings. The minimum atomic E-state index is -0.232. The Bertz CT molecular complexity index is 378. The molecule has 0 aliphatic heterocycles. The molecular weight excluding hydrogens is 215 g/mol. The van der Waals surface area contributed by atoms with Crippen molar-refractivity contribution in [2.24, 2.45) is 5.92 Å². The number of benzene rings is 1. The highest BCUT2D eigenvalue weighted by Crippen LogP contribution is 2.30. The van der Waals surface area contributed by atoms with Crippen molar-refractivity contribution >= 4 is 11.4 Å². The molecule has 17 heavy (non-hydrogen) atoms. The average molecular weight is 236 g/mol. The van der Waals surface area contributed by atoms with Crippen molar-refractivity contribution in [3.8, 4) is 0 Å². The number of hydrogen-bond acceptors (Lipinski definition) is 2. The van der Waals surface area contributed by atoms with Gasteiger partial charge in [0.15, 0.2) is 0 Å². The van der Waals surface area contributed by atoms with Gasteiger partial charge in [-0.1, -0.05) is 26.2 Å². The number of nitrogen functional groups attached to an aromatic ring is 1. The molecule has 0 spiro atoms. The number of rotatable bonds is 3. The SMILES string of the molecule is CCC1CCCC(Nc2cc(F)ccc2N)C1. The first-order valence-corrected chi connectivity index (χ1v) is 6.50. The minimum absolute atomic E-state index is 0.232. The van der Waals surface area contributed by atoms with E-state index in [0.717, 1.165) is 18.0 Å². The molecule has 0 radical (unpaired) electrons. The zero-order valence-corrected chi connectivity index (χ0v) is 10.4. The first kappa shape index (κ1) is 12.2. The summed E-state index contributed by atoms with van der Waals surface area (Å²) < 4.78 is 13.1. The Balaban J connectivity index is 2.02. The van der Waals surface area contributed by atoms with E-state index >= 15 is 0 Å². The van der Waals surface area contributed by atoms with Crippen molar-refractivity contribution in [1.82, 2.24) is 0 Å². The first-order valence-electron chi connectivity index (χ1n) is 6.50. The Kier molecular flexibility index (Phi) is 3.87. The molecule has 2 unspecified atom stereocenters. The molecule has 0 saturated heterocycles. The summed E-state index contributed by atoms with van der Waals surface area (Å²) in [6.45, 7) is 2.24. The van der Waals surface area contributed by atoms with E-state index in [0.29, 0.717) is 11.7 Å². The normalized spacial score (nSPS) is 24.6. The van der Waals surface area contributed by atoms with E-state index in [1.807, 2.05) is 0 Å². The van der Waals surface area contributed by atoms with Gasteiger partial charge in [0.1, 0.15) is 5.82 Å². The number of anilines is 2. The third kappa shape index (κ3) is 3.11. The summed E-state index contributed by atoms with van der Waals surface area (Å²) in [5.74, 6) is 0.570. The summed E-state index contributed by atoms with van der Waals surface area (Å²) in [4.78, 5) is 0. The van der Waals surface area contributed by atoms with Crippen LogP contribution in [-0.4, -0.2) is 6.04 Å². The third-order valence-electron chi connectivity index (χ3n) is 3.74. The Labute approximate surface area is 102 Å². The van der Waals surface area contributed by atoms with Crippen LogP contribution in [0.25, 0.3) is 0 Å². The van der Waals surface area contributed by atoms with E-state index in [-0.39, 0.29) is 5.82 Å². The van der Waals surface area contributed by atoms with Crippen LogP contribution in [0.2, 0.25) is 0 Å². The predicted molar refractivity (Wildman–Crippen MR) is 70.5 cm³/mol. The highest BCUT2D eigenvalue weighted by molar-refractivity contribution is 5.66. The maximum absolute atomic E-state index is 13.1. The lowest BCUT2D eigenvalue weighted by atomic mass is 9.84. The van der Waals surface area contributed by atoms with Crippen molar-refractivity contribution in [3.63, 3.8) is 0 Å². The van der Waals surface area contributed by atoms with E-state index in [1.54, 1.807) is 6.07 Å². The van der Waals surface area contributed by atoms with Gasteiger partial charge in [0.05, 0.1) is 11.4 Å². The molecule has 2 rings (SSSR count). The fraction of sp³-hybridized carbons (Fsp3) is 0.571. The summed E-state index contributed by atoms with van der Waals surface area (Å²) in [5.41, 5.74) is 7.22. The standard InChI is InChI=1S/C14H21FN2/c1-2-10-4-3-5-12(8-10)17-14-9-11(15)6-7-13(14)16/h6-7,9-10,12,17H,2-5,8,16H2,1H3. The average Bonchev–Trinajstić information content (AvgIpc) is 2.34. The van der Waals surface area contributed by atoms with Crippen LogP contribution in [0.5, 0.6) is 0 Å². The van der Waals surface area contributed by atoms with Crippen LogP contribution in [0.1, 0.15) is 39.0 Å². The largest absolute Gasteiger partial charge is 0.397 e. The molecule has 0 amide bonds. The molecule has 1 aliphatic rings. The summed E-state index contributed by atoms with van der Waals surface area (Å²) in [6, 6.07) is 4.96. The van der Waals surface area contributed by atoms with Crippen LogP contribution in [-0.2, 0) is 0 Å².